The third-order valence-electron chi connectivity index (χ3n) is 7.09. The number of nitrogens with one attached hydrogen (secondary N) is 1. The monoisotopic (exact) mass is 573 g/mol. The average molecular weight is 574 g/mol. The van der Waals surface area contributed by atoms with Gasteiger partial charge in [-0.1, -0.05) is 41.9 Å². The van der Waals surface area contributed by atoms with Gasteiger partial charge in [0.1, 0.15) is 11.5 Å². The molecule has 0 aliphatic carbocycles. The fourth-order valence-corrected chi connectivity index (χ4v) is 5.29. The van der Waals surface area contributed by atoms with Gasteiger partial charge in [0.15, 0.2) is 0 Å². The molecule has 0 radical (unpaired) electrons. The number of aromatic amines is 1. The first kappa shape index (κ1) is 27.9. The summed E-state index contributed by atoms with van der Waals surface area (Å²) in [5.41, 5.74) is 3.25. The number of aromatic nitrogens is 1. The van der Waals surface area contributed by atoms with Crippen LogP contribution in [-0.4, -0.2) is 46.9 Å². The Hall–Kier alpha value is -4.63. The number of carboxylic acids is 1. The third kappa shape index (κ3) is 5.67. The summed E-state index contributed by atoms with van der Waals surface area (Å²) in [5.74, 6) is -0.249. The van der Waals surface area contributed by atoms with Gasteiger partial charge in [-0.25, -0.2) is 5.01 Å². The lowest BCUT2D eigenvalue weighted by molar-refractivity contribution is -0.137. The lowest BCUT2D eigenvalue weighted by atomic mass is 9.91. The number of hydrogen-bond donors (Lipinski definition) is 2. The van der Waals surface area contributed by atoms with E-state index in [1.54, 1.807) is 31.4 Å². The predicted molar refractivity (Wildman–Crippen MR) is 157 cm³/mol. The minimum absolute atomic E-state index is 0.0177. The van der Waals surface area contributed by atoms with Crippen molar-refractivity contribution in [2.75, 3.05) is 14.2 Å². The van der Waals surface area contributed by atoms with Crippen LogP contribution in [0, 0.1) is 0 Å². The van der Waals surface area contributed by atoms with Gasteiger partial charge in [0.25, 0.3) is 5.56 Å². The minimum Gasteiger partial charge on any atom is -0.497 e. The zero-order chi connectivity index (χ0) is 29.1. The number of hydrogen-bond acceptors (Lipinski definition) is 6. The number of pyridine rings is 1. The van der Waals surface area contributed by atoms with Gasteiger partial charge in [0, 0.05) is 52.4 Å². The Morgan fingerprint density at radius 3 is 2.49 bits per heavy atom. The van der Waals surface area contributed by atoms with Crippen molar-refractivity contribution in [3.63, 3.8) is 0 Å². The van der Waals surface area contributed by atoms with E-state index in [1.807, 2.05) is 42.5 Å². The number of carboxylic acid groups (broad SMARTS) is 1. The van der Waals surface area contributed by atoms with E-state index in [0.29, 0.717) is 44.4 Å². The van der Waals surface area contributed by atoms with Crippen LogP contribution in [-0.2, 0) is 9.59 Å². The lowest BCUT2D eigenvalue weighted by Gasteiger charge is -2.24. The molecule has 0 saturated heterocycles. The molecular formula is C31H28ClN3O6. The van der Waals surface area contributed by atoms with Crippen molar-refractivity contribution in [1.29, 1.82) is 0 Å². The van der Waals surface area contributed by atoms with E-state index in [9.17, 15) is 14.4 Å². The highest BCUT2D eigenvalue weighted by Gasteiger charge is 2.36. The summed E-state index contributed by atoms with van der Waals surface area (Å²) in [4.78, 5) is 41.2. The van der Waals surface area contributed by atoms with E-state index >= 15 is 0 Å². The quantitative estimate of drug-likeness (QED) is 0.261. The van der Waals surface area contributed by atoms with Gasteiger partial charge >= 0.3 is 5.97 Å². The number of carbonyl (C=O) groups is 2. The van der Waals surface area contributed by atoms with E-state index in [2.05, 4.69) is 4.98 Å². The summed E-state index contributed by atoms with van der Waals surface area (Å²) in [6, 6.07) is 19.4. The molecule has 1 atom stereocenters. The van der Waals surface area contributed by atoms with Crippen molar-refractivity contribution in [1.82, 2.24) is 9.99 Å². The Balaban J connectivity index is 1.67. The maximum Gasteiger partial charge on any atom is 0.303 e. The highest BCUT2D eigenvalue weighted by atomic mass is 35.5. The number of hydrazone groups is 1. The molecule has 0 unspecified atom stereocenters. The number of benzene rings is 3. The van der Waals surface area contributed by atoms with Crippen LogP contribution in [0.25, 0.3) is 22.0 Å². The van der Waals surface area contributed by atoms with E-state index in [4.69, 9.17) is 31.3 Å². The van der Waals surface area contributed by atoms with E-state index in [1.165, 1.54) is 12.1 Å². The van der Waals surface area contributed by atoms with Crippen LogP contribution in [0.5, 0.6) is 11.5 Å². The first-order valence-electron chi connectivity index (χ1n) is 13.0. The number of nitrogens with zero attached hydrogens (tertiary/aromatic N) is 2. The van der Waals surface area contributed by atoms with Gasteiger partial charge in [-0.15, -0.1) is 0 Å². The number of halogens is 1. The predicted octanol–water partition coefficient (Wildman–Crippen LogP) is 5.80. The number of aliphatic carboxylic acids is 1. The molecule has 5 rings (SSSR count). The van der Waals surface area contributed by atoms with E-state index < -0.39 is 12.0 Å². The molecule has 0 spiro atoms. The summed E-state index contributed by atoms with van der Waals surface area (Å²) in [6.07, 6.45) is 0.234. The molecule has 210 valence electrons. The lowest BCUT2D eigenvalue weighted by Crippen LogP contribution is -2.27. The fourth-order valence-electron chi connectivity index (χ4n) is 5.17. The van der Waals surface area contributed by atoms with Gasteiger partial charge in [0.2, 0.25) is 5.91 Å². The Kier molecular flexibility index (Phi) is 8.07. The molecule has 3 aromatic carbocycles. The van der Waals surface area contributed by atoms with Gasteiger partial charge in [0.05, 0.1) is 31.5 Å². The summed E-state index contributed by atoms with van der Waals surface area (Å²) in [7, 11) is 3.08. The summed E-state index contributed by atoms with van der Waals surface area (Å²) >= 11 is 6.17. The van der Waals surface area contributed by atoms with Crippen LogP contribution in [0.2, 0.25) is 5.02 Å². The van der Waals surface area contributed by atoms with Crippen LogP contribution in [0.1, 0.15) is 42.9 Å². The number of H-pyrrole nitrogens is 1. The van der Waals surface area contributed by atoms with Crippen LogP contribution in [0.3, 0.4) is 0 Å². The number of ether oxygens (including phenoxy) is 2. The second-order valence-electron chi connectivity index (χ2n) is 9.62. The Labute approximate surface area is 241 Å². The maximum absolute atomic E-state index is 13.7. The van der Waals surface area contributed by atoms with Crippen LogP contribution >= 0.6 is 11.6 Å². The normalized spacial score (nSPS) is 14.7. The van der Waals surface area contributed by atoms with Crippen molar-refractivity contribution in [3.05, 3.63) is 93.2 Å². The van der Waals surface area contributed by atoms with Crippen LogP contribution in [0.4, 0.5) is 0 Å². The highest BCUT2D eigenvalue weighted by molar-refractivity contribution is 6.30. The molecule has 1 aliphatic rings. The van der Waals surface area contributed by atoms with Crippen molar-refractivity contribution in [3.8, 4) is 22.6 Å². The molecule has 1 aromatic heterocycles. The molecule has 4 aromatic rings. The van der Waals surface area contributed by atoms with Gasteiger partial charge in [-0.3, -0.25) is 14.4 Å². The fraction of sp³-hybridized carbons (Fsp3) is 0.226. The minimum atomic E-state index is -0.980. The standard InChI is InChI=1S/C31H28ClN3O6/c1-40-20-14-15-22(26(16-20)41-2)25-17-24(34-35(25)27(36)8-5-9-28(37)38)30-29(18-10-12-19(32)13-11-18)21-6-3-4-7-23(21)33-31(30)39/h3-4,6-7,10-16,25H,5,8-9,17H2,1-2H3,(H,33,39)(H,37,38)/t25-/m0/s1. The number of methoxy groups -OCH3 is 2. The van der Waals surface area contributed by atoms with Crippen molar-refractivity contribution >= 4 is 40.1 Å². The first-order valence-corrected chi connectivity index (χ1v) is 13.4. The van der Waals surface area contributed by atoms with E-state index in [-0.39, 0.29) is 37.1 Å². The largest absolute Gasteiger partial charge is 0.497 e. The van der Waals surface area contributed by atoms with Crippen molar-refractivity contribution in [2.45, 2.75) is 31.7 Å². The molecule has 2 N–H and O–H groups in total. The van der Waals surface area contributed by atoms with Gasteiger partial charge in [-0.05, 0) is 42.3 Å². The number of fused-ring (bicyclic) bond motifs is 1. The third-order valence-corrected chi connectivity index (χ3v) is 7.34. The summed E-state index contributed by atoms with van der Waals surface area (Å²) < 4.78 is 11.0. The Morgan fingerprint density at radius 2 is 1.78 bits per heavy atom. The molecular weight excluding hydrogens is 546 g/mol. The molecule has 0 bridgehead atoms. The van der Waals surface area contributed by atoms with Crippen molar-refractivity contribution < 1.29 is 24.2 Å². The molecule has 0 fully saturated rings. The zero-order valence-electron chi connectivity index (χ0n) is 22.5. The molecule has 2 heterocycles. The average Bonchev–Trinajstić information content (AvgIpc) is 3.41. The highest BCUT2D eigenvalue weighted by Crippen LogP contribution is 2.41. The second-order valence-corrected chi connectivity index (χ2v) is 10.1. The van der Waals surface area contributed by atoms with Gasteiger partial charge < -0.3 is 19.6 Å². The molecule has 1 amide bonds. The Bertz CT molecular complexity index is 1710. The number of carbonyl (C=O) groups excluding carboxylic acids is 1. The summed E-state index contributed by atoms with van der Waals surface area (Å²) in [5, 5.41) is 16.5. The van der Waals surface area contributed by atoms with Crippen LogP contribution < -0.4 is 15.0 Å². The zero-order valence-corrected chi connectivity index (χ0v) is 23.3. The number of rotatable bonds is 9. The maximum atomic E-state index is 13.7. The van der Waals surface area contributed by atoms with Gasteiger partial charge in [-0.2, -0.15) is 5.10 Å². The summed E-state index contributed by atoms with van der Waals surface area (Å²) in [6.45, 7) is 0. The number of amides is 1. The molecule has 1 aliphatic heterocycles. The smallest absolute Gasteiger partial charge is 0.303 e. The van der Waals surface area contributed by atoms with Crippen molar-refractivity contribution in [2.24, 2.45) is 5.10 Å². The van der Waals surface area contributed by atoms with E-state index in [0.717, 1.165) is 10.9 Å². The first-order chi connectivity index (χ1) is 19.8. The molecule has 41 heavy (non-hydrogen) atoms. The van der Waals surface area contributed by atoms with Crippen LogP contribution in [0.15, 0.2) is 76.6 Å². The Morgan fingerprint density at radius 1 is 1.02 bits per heavy atom. The molecule has 0 saturated carbocycles. The topological polar surface area (TPSA) is 121 Å². The molecule has 10 heteroatoms. The SMILES string of the molecule is COc1ccc([C@@H]2CC(c3c(-c4ccc(Cl)cc4)c4ccccc4[nH]c3=O)=NN2C(=O)CCCC(=O)O)c(OC)c1. The second kappa shape index (κ2) is 11.9. The molecule has 9 nitrogen and oxygen atoms in total. The number of para-hydroxylation sites is 1.